The highest BCUT2D eigenvalue weighted by Gasteiger charge is 2.14. The Morgan fingerprint density at radius 1 is 1.26 bits per heavy atom. The van der Waals surface area contributed by atoms with Crippen molar-refractivity contribution in [2.75, 3.05) is 12.1 Å². The maximum Gasteiger partial charge on any atom is 0.411 e. The molecular formula is C15H14N2O6. The summed E-state index contributed by atoms with van der Waals surface area (Å²) in [4.78, 5) is 11.8. The van der Waals surface area contributed by atoms with Crippen LogP contribution in [0.4, 0.5) is 16.2 Å². The Balaban J connectivity index is 1.56. The van der Waals surface area contributed by atoms with Crippen LogP contribution in [0, 0.1) is 5.21 Å². The van der Waals surface area contributed by atoms with Crippen LogP contribution in [-0.4, -0.2) is 18.1 Å². The Morgan fingerprint density at radius 3 is 2.91 bits per heavy atom. The zero-order valence-corrected chi connectivity index (χ0v) is 11.9. The molecule has 0 radical (unpaired) electrons. The van der Waals surface area contributed by atoms with Crippen LogP contribution in [0.3, 0.4) is 0 Å². The number of nitrogens with one attached hydrogen (secondary N) is 2. The third-order valence-corrected chi connectivity index (χ3v) is 3.16. The van der Waals surface area contributed by atoms with E-state index in [1.807, 2.05) is 0 Å². The second-order valence-electron chi connectivity index (χ2n) is 4.77. The summed E-state index contributed by atoms with van der Waals surface area (Å²) in [5.74, 6) is 1.27. The summed E-state index contributed by atoms with van der Waals surface area (Å²) in [6, 6.07) is 11.2. The summed E-state index contributed by atoms with van der Waals surface area (Å²) in [5, 5.41) is 21.2. The molecule has 3 rings (SSSR count). The molecule has 2 aromatic carbocycles. The summed E-state index contributed by atoms with van der Waals surface area (Å²) in [6.07, 6.45) is -0.676. The molecule has 1 amide bonds. The fourth-order valence-corrected chi connectivity index (χ4v) is 2.06. The van der Waals surface area contributed by atoms with E-state index >= 15 is 0 Å². The van der Waals surface area contributed by atoms with Crippen molar-refractivity contribution in [2.45, 2.75) is 6.61 Å². The largest absolute Gasteiger partial charge is 0.595 e. The summed E-state index contributed by atoms with van der Waals surface area (Å²) in [5.41, 5.74) is 1.18. The fraction of sp³-hybridized carbons (Fsp3) is 0.133. The average Bonchev–Trinajstić information content (AvgIpc) is 3.01. The predicted octanol–water partition coefficient (Wildman–Crippen LogP) is 1.57. The van der Waals surface area contributed by atoms with Gasteiger partial charge < -0.3 is 19.4 Å². The minimum absolute atomic E-state index is 0.0566. The Hall–Kier alpha value is -2.81. The predicted molar refractivity (Wildman–Crippen MR) is 78.6 cm³/mol. The topological polar surface area (TPSA) is 105 Å². The number of carbonyl (C=O) groups excluding carboxylic acids is 1. The maximum absolute atomic E-state index is 11.8. The minimum atomic E-state index is -1.07. The molecule has 120 valence electrons. The van der Waals surface area contributed by atoms with Crippen molar-refractivity contribution < 1.29 is 29.4 Å². The van der Waals surface area contributed by atoms with Crippen molar-refractivity contribution in [2.24, 2.45) is 0 Å². The fourth-order valence-electron chi connectivity index (χ4n) is 2.06. The number of anilines is 1. The molecule has 1 unspecified atom stereocenters. The third kappa shape index (κ3) is 3.69. The highest BCUT2D eigenvalue weighted by Crippen LogP contribution is 2.32. The number of hydrogen-bond donors (Lipinski definition) is 3. The van der Waals surface area contributed by atoms with Gasteiger partial charge in [0.2, 0.25) is 6.79 Å². The lowest BCUT2D eigenvalue weighted by atomic mass is 10.2. The molecule has 8 heteroatoms. The highest BCUT2D eigenvalue weighted by atomic mass is 16.8. The van der Waals surface area contributed by atoms with Crippen molar-refractivity contribution in [3.05, 3.63) is 53.2 Å². The molecular weight excluding hydrogens is 304 g/mol. The van der Waals surface area contributed by atoms with Gasteiger partial charge in [-0.1, -0.05) is 12.1 Å². The average molecular weight is 318 g/mol. The van der Waals surface area contributed by atoms with Crippen LogP contribution in [0.1, 0.15) is 5.56 Å². The molecule has 0 spiro atoms. The molecule has 0 bridgehead atoms. The molecule has 0 aliphatic carbocycles. The van der Waals surface area contributed by atoms with Crippen LogP contribution < -0.4 is 20.0 Å². The zero-order chi connectivity index (χ0) is 16.2. The lowest BCUT2D eigenvalue weighted by Gasteiger charge is -2.13. The van der Waals surface area contributed by atoms with E-state index in [1.54, 1.807) is 24.3 Å². The first-order valence-corrected chi connectivity index (χ1v) is 6.77. The molecule has 1 aliphatic rings. The first-order chi connectivity index (χ1) is 11.1. The van der Waals surface area contributed by atoms with Gasteiger partial charge in [0.1, 0.15) is 6.61 Å². The van der Waals surface area contributed by atoms with Crippen LogP contribution in [0.2, 0.25) is 0 Å². The van der Waals surface area contributed by atoms with Gasteiger partial charge in [0.25, 0.3) is 0 Å². The van der Waals surface area contributed by atoms with E-state index < -0.39 is 11.3 Å². The molecule has 1 aliphatic heterocycles. The van der Waals surface area contributed by atoms with Crippen molar-refractivity contribution in [1.82, 2.24) is 0 Å². The molecule has 0 saturated carbocycles. The molecule has 0 fully saturated rings. The van der Waals surface area contributed by atoms with Crippen LogP contribution in [0.25, 0.3) is 0 Å². The minimum Gasteiger partial charge on any atom is -0.595 e. The lowest BCUT2D eigenvalue weighted by Crippen LogP contribution is -2.99. The molecule has 0 saturated heterocycles. The van der Waals surface area contributed by atoms with Gasteiger partial charge in [0.05, 0.1) is 5.69 Å². The normalized spacial score (nSPS) is 13.5. The summed E-state index contributed by atoms with van der Waals surface area (Å²) >= 11 is 0. The molecule has 1 atom stereocenters. The van der Waals surface area contributed by atoms with Crippen molar-refractivity contribution in [3.8, 4) is 11.5 Å². The van der Waals surface area contributed by atoms with Gasteiger partial charge in [-0.25, -0.2) is 10.0 Å². The van der Waals surface area contributed by atoms with E-state index in [1.165, 1.54) is 18.2 Å². The molecule has 1 heterocycles. The SMILES string of the molecule is O=C(Nc1cccc([NH+]([O-])O)c1)OCc1ccc2c(c1)OCO2. The van der Waals surface area contributed by atoms with Crippen LogP contribution in [-0.2, 0) is 11.3 Å². The van der Waals surface area contributed by atoms with E-state index in [2.05, 4.69) is 5.32 Å². The smallest absolute Gasteiger partial charge is 0.411 e. The van der Waals surface area contributed by atoms with Crippen LogP contribution in [0.15, 0.2) is 42.5 Å². The second kappa shape index (κ2) is 6.53. The Morgan fingerprint density at radius 2 is 2.09 bits per heavy atom. The monoisotopic (exact) mass is 318 g/mol. The van der Waals surface area contributed by atoms with E-state index in [9.17, 15) is 10.0 Å². The number of benzene rings is 2. The number of ether oxygens (including phenoxy) is 3. The van der Waals surface area contributed by atoms with Gasteiger partial charge >= 0.3 is 6.09 Å². The van der Waals surface area contributed by atoms with Gasteiger partial charge in [-0.3, -0.25) is 5.32 Å². The van der Waals surface area contributed by atoms with E-state index in [0.29, 0.717) is 17.2 Å². The highest BCUT2D eigenvalue weighted by molar-refractivity contribution is 5.85. The van der Waals surface area contributed by atoms with Crippen molar-refractivity contribution in [1.29, 1.82) is 0 Å². The van der Waals surface area contributed by atoms with Crippen molar-refractivity contribution >= 4 is 17.5 Å². The van der Waals surface area contributed by atoms with Gasteiger partial charge in [-0.2, -0.15) is 5.23 Å². The van der Waals surface area contributed by atoms with Gasteiger partial charge in [0, 0.05) is 12.1 Å². The molecule has 23 heavy (non-hydrogen) atoms. The van der Waals surface area contributed by atoms with Gasteiger partial charge in [-0.15, -0.1) is 0 Å². The summed E-state index contributed by atoms with van der Waals surface area (Å²) < 4.78 is 15.5. The van der Waals surface area contributed by atoms with E-state index in [-0.39, 0.29) is 19.1 Å². The molecule has 2 aromatic rings. The first-order valence-electron chi connectivity index (χ1n) is 6.77. The number of carbonyl (C=O) groups is 1. The standard InChI is InChI=1S/C15H14N2O6/c18-15(16-11-2-1-3-12(7-11)17(19)20)21-8-10-4-5-13-14(6-10)23-9-22-13/h1-7,17,19H,8-9H2,(H,16,18). The zero-order valence-electron chi connectivity index (χ0n) is 11.9. The Kier molecular flexibility index (Phi) is 4.29. The number of rotatable bonds is 4. The van der Waals surface area contributed by atoms with E-state index in [0.717, 1.165) is 5.56 Å². The van der Waals surface area contributed by atoms with Crippen LogP contribution in [0.5, 0.6) is 11.5 Å². The maximum atomic E-state index is 11.8. The van der Waals surface area contributed by atoms with Crippen LogP contribution >= 0.6 is 0 Å². The van der Waals surface area contributed by atoms with Gasteiger partial charge in [-0.05, 0) is 23.8 Å². The number of amides is 1. The summed E-state index contributed by atoms with van der Waals surface area (Å²) in [7, 11) is 0. The Bertz CT molecular complexity index is 719. The molecule has 3 N–H and O–H groups in total. The molecule has 0 aromatic heterocycles. The number of hydrogen-bond acceptors (Lipinski definition) is 6. The first kappa shape index (κ1) is 15.1. The quantitative estimate of drug-likeness (QED) is 0.739. The van der Waals surface area contributed by atoms with Crippen molar-refractivity contribution in [3.63, 3.8) is 0 Å². The summed E-state index contributed by atoms with van der Waals surface area (Å²) in [6.45, 7) is 0.237. The second-order valence-corrected chi connectivity index (χ2v) is 4.77. The van der Waals surface area contributed by atoms with Gasteiger partial charge in [0.15, 0.2) is 17.2 Å². The Labute approximate surface area is 131 Å². The van der Waals surface area contributed by atoms with E-state index in [4.69, 9.17) is 19.4 Å². The number of quaternary nitrogens is 1. The third-order valence-electron chi connectivity index (χ3n) is 3.16. The number of fused-ring (bicyclic) bond motifs is 1. The molecule has 8 nitrogen and oxygen atoms in total. The lowest BCUT2D eigenvalue weighted by molar-refractivity contribution is -0.991.